The number of carbonyl (C=O) groups is 2. The van der Waals surface area contributed by atoms with Crippen molar-refractivity contribution in [3.8, 4) is 5.75 Å². The number of hydrogen-bond acceptors (Lipinski definition) is 4. The predicted molar refractivity (Wildman–Crippen MR) is 104 cm³/mol. The number of piperazine rings is 1. The van der Waals surface area contributed by atoms with Crippen molar-refractivity contribution >= 4 is 11.8 Å². The van der Waals surface area contributed by atoms with Crippen molar-refractivity contribution in [3.05, 3.63) is 29.8 Å². The lowest BCUT2D eigenvalue weighted by Crippen LogP contribution is -2.58. The van der Waals surface area contributed by atoms with Crippen molar-refractivity contribution in [2.75, 3.05) is 32.8 Å². The Bertz CT molecular complexity index is 664. The maximum absolute atomic E-state index is 12.9. The van der Waals surface area contributed by atoms with Gasteiger partial charge in [0.15, 0.2) is 6.61 Å². The normalized spacial score (nSPS) is 26.0. The summed E-state index contributed by atoms with van der Waals surface area (Å²) >= 11 is 0. The summed E-state index contributed by atoms with van der Waals surface area (Å²) in [4.78, 5) is 29.0. The minimum absolute atomic E-state index is 0.0283. The molecule has 2 aliphatic rings. The zero-order valence-corrected chi connectivity index (χ0v) is 16.4. The van der Waals surface area contributed by atoms with Crippen LogP contribution in [0.4, 0.5) is 0 Å². The van der Waals surface area contributed by atoms with Crippen LogP contribution in [0.2, 0.25) is 0 Å². The number of aryl methyl sites for hydroxylation is 1. The first-order valence-electron chi connectivity index (χ1n) is 9.92. The van der Waals surface area contributed by atoms with Gasteiger partial charge in [0.05, 0.1) is 5.92 Å². The monoisotopic (exact) mass is 373 g/mol. The molecule has 1 heterocycles. The van der Waals surface area contributed by atoms with Crippen molar-refractivity contribution in [3.63, 3.8) is 0 Å². The van der Waals surface area contributed by atoms with Gasteiger partial charge in [0.25, 0.3) is 5.91 Å². The smallest absolute Gasteiger partial charge is 0.260 e. The van der Waals surface area contributed by atoms with Gasteiger partial charge in [-0.3, -0.25) is 9.59 Å². The molecule has 2 fully saturated rings. The molecular formula is C21H31N3O3. The Morgan fingerprint density at radius 1 is 1.11 bits per heavy atom. The Hall–Kier alpha value is -2.08. The number of nitrogens with zero attached hydrogens (tertiary/aromatic N) is 2. The first kappa shape index (κ1) is 19.7. The van der Waals surface area contributed by atoms with Gasteiger partial charge in [-0.25, -0.2) is 0 Å². The molecule has 27 heavy (non-hydrogen) atoms. The summed E-state index contributed by atoms with van der Waals surface area (Å²) in [5, 5.41) is 0. The summed E-state index contributed by atoms with van der Waals surface area (Å²) < 4.78 is 5.58. The SMILES string of the molecule is Cc1ccc(OCC(=O)N2CCN(C(=O)C3CCCCC3(C)N)CC2)cc1. The molecule has 0 aromatic heterocycles. The number of carbonyl (C=O) groups excluding carboxylic acids is 2. The molecule has 0 bridgehead atoms. The molecule has 1 aromatic rings. The molecule has 1 aromatic carbocycles. The largest absolute Gasteiger partial charge is 0.484 e. The van der Waals surface area contributed by atoms with Crippen molar-refractivity contribution in [2.45, 2.75) is 45.1 Å². The fourth-order valence-electron chi connectivity index (χ4n) is 4.03. The molecule has 0 radical (unpaired) electrons. The van der Waals surface area contributed by atoms with Gasteiger partial charge >= 0.3 is 0 Å². The van der Waals surface area contributed by atoms with Crippen LogP contribution in [0.1, 0.15) is 38.2 Å². The van der Waals surface area contributed by atoms with E-state index in [1.54, 1.807) is 4.90 Å². The summed E-state index contributed by atoms with van der Waals surface area (Å²) in [6.45, 7) is 6.28. The van der Waals surface area contributed by atoms with Gasteiger partial charge in [-0.05, 0) is 38.8 Å². The van der Waals surface area contributed by atoms with Crippen LogP contribution in [0.5, 0.6) is 5.75 Å². The van der Waals surface area contributed by atoms with Gasteiger partial charge in [0, 0.05) is 31.7 Å². The average molecular weight is 373 g/mol. The molecule has 6 heteroatoms. The lowest BCUT2D eigenvalue weighted by atomic mass is 9.74. The van der Waals surface area contributed by atoms with Crippen molar-refractivity contribution in [1.82, 2.24) is 9.80 Å². The molecule has 2 unspecified atom stereocenters. The third-order valence-electron chi connectivity index (χ3n) is 5.88. The number of benzene rings is 1. The minimum atomic E-state index is -0.413. The fourth-order valence-corrected chi connectivity index (χ4v) is 4.03. The highest BCUT2D eigenvalue weighted by Gasteiger charge is 2.40. The van der Waals surface area contributed by atoms with Crippen molar-refractivity contribution in [1.29, 1.82) is 0 Å². The highest BCUT2D eigenvalue weighted by Crippen LogP contribution is 2.33. The Morgan fingerprint density at radius 3 is 2.37 bits per heavy atom. The summed E-state index contributed by atoms with van der Waals surface area (Å²) in [6, 6.07) is 7.65. The standard InChI is InChI=1S/C21H31N3O3/c1-16-6-8-17(9-7-16)27-15-19(25)23-11-13-24(14-12-23)20(26)18-5-3-4-10-21(18,2)22/h6-9,18H,3-5,10-15,22H2,1-2H3. The second kappa shape index (κ2) is 8.30. The quantitative estimate of drug-likeness (QED) is 0.875. The Kier molecular flexibility index (Phi) is 6.05. The van der Waals surface area contributed by atoms with E-state index in [0.29, 0.717) is 31.9 Å². The zero-order chi connectivity index (χ0) is 19.4. The maximum atomic E-state index is 12.9. The van der Waals surface area contributed by atoms with Crippen LogP contribution in [0.15, 0.2) is 24.3 Å². The average Bonchev–Trinajstić information content (AvgIpc) is 2.66. The molecule has 2 amide bonds. The van der Waals surface area contributed by atoms with Gasteiger partial charge in [-0.15, -0.1) is 0 Å². The van der Waals surface area contributed by atoms with E-state index in [1.807, 2.05) is 43.0 Å². The Morgan fingerprint density at radius 2 is 1.74 bits per heavy atom. The molecule has 1 aliphatic carbocycles. The van der Waals surface area contributed by atoms with Crippen LogP contribution in [0.25, 0.3) is 0 Å². The summed E-state index contributed by atoms with van der Waals surface area (Å²) in [6.07, 6.45) is 3.94. The van der Waals surface area contributed by atoms with Crippen LogP contribution in [-0.4, -0.2) is 59.9 Å². The van der Waals surface area contributed by atoms with Gasteiger partial charge < -0.3 is 20.3 Å². The number of amides is 2. The van der Waals surface area contributed by atoms with E-state index >= 15 is 0 Å². The van der Waals surface area contributed by atoms with E-state index < -0.39 is 5.54 Å². The number of rotatable bonds is 4. The number of hydrogen-bond donors (Lipinski definition) is 1. The Balaban J connectivity index is 1.47. The van der Waals surface area contributed by atoms with Crippen LogP contribution in [0, 0.1) is 12.8 Å². The van der Waals surface area contributed by atoms with E-state index in [9.17, 15) is 9.59 Å². The molecule has 0 spiro atoms. The third-order valence-corrected chi connectivity index (χ3v) is 5.88. The topological polar surface area (TPSA) is 75.9 Å². The van der Waals surface area contributed by atoms with Gasteiger partial charge in [-0.1, -0.05) is 30.5 Å². The molecule has 1 saturated carbocycles. The molecule has 148 valence electrons. The van der Waals surface area contributed by atoms with E-state index in [4.69, 9.17) is 10.5 Å². The Labute approximate surface area is 161 Å². The number of ether oxygens (including phenoxy) is 1. The third kappa shape index (κ3) is 4.80. The zero-order valence-electron chi connectivity index (χ0n) is 16.4. The lowest BCUT2D eigenvalue weighted by molar-refractivity contribution is -0.145. The first-order chi connectivity index (χ1) is 12.9. The van der Waals surface area contributed by atoms with Crippen molar-refractivity contribution < 1.29 is 14.3 Å². The summed E-state index contributed by atoms with van der Waals surface area (Å²) in [7, 11) is 0. The van der Waals surface area contributed by atoms with E-state index in [-0.39, 0.29) is 24.3 Å². The molecule has 3 rings (SSSR count). The minimum Gasteiger partial charge on any atom is -0.484 e. The molecular weight excluding hydrogens is 342 g/mol. The second-order valence-electron chi connectivity index (χ2n) is 8.11. The van der Waals surface area contributed by atoms with Crippen LogP contribution >= 0.6 is 0 Å². The molecule has 1 saturated heterocycles. The maximum Gasteiger partial charge on any atom is 0.260 e. The van der Waals surface area contributed by atoms with Crippen LogP contribution < -0.4 is 10.5 Å². The van der Waals surface area contributed by atoms with E-state index in [2.05, 4.69) is 0 Å². The molecule has 6 nitrogen and oxygen atoms in total. The lowest BCUT2D eigenvalue weighted by Gasteiger charge is -2.42. The van der Waals surface area contributed by atoms with Crippen LogP contribution in [-0.2, 0) is 9.59 Å². The van der Waals surface area contributed by atoms with Crippen molar-refractivity contribution in [2.24, 2.45) is 11.7 Å². The van der Waals surface area contributed by atoms with Gasteiger partial charge in [0.1, 0.15) is 5.75 Å². The van der Waals surface area contributed by atoms with Crippen LogP contribution in [0.3, 0.4) is 0 Å². The first-order valence-corrected chi connectivity index (χ1v) is 9.92. The van der Waals surface area contributed by atoms with E-state index in [0.717, 1.165) is 31.2 Å². The van der Waals surface area contributed by atoms with Gasteiger partial charge in [0.2, 0.25) is 5.91 Å². The van der Waals surface area contributed by atoms with Gasteiger partial charge in [-0.2, -0.15) is 0 Å². The summed E-state index contributed by atoms with van der Waals surface area (Å²) in [5.74, 6) is 0.715. The molecule has 2 N–H and O–H groups in total. The molecule has 2 atom stereocenters. The number of nitrogens with two attached hydrogens (primary N) is 1. The fraction of sp³-hybridized carbons (Fsp3) is 0.619. The predicted octanol–water partition coefficient (Wildman–Crippen LogP) is 1.95. The highest BCUT2D eigenvalue weighted by atomic mass is 16.5. The van der Waals surface area contributed by atoms with E-state index in [1.165, 1.54) is 0 Å². The highest BCUT2D eigenvalue weighted by molar-refractivity contribution is 5.81. The molecule has 1 aliphatic heterocycles. The second-order valence-corrected chi connectivity index (χ2v) is 8.11. The summed E-state index contributed by atoms with van der Waals surface area (Å²) in [5.41, 5.74) is 7.12.